The van der Waals surface area contributed by atoms with E-state index >= 15 is 0 Å². The van der Waals surface area contributed by atoms with Gasteiger partial charge in [0.15, 0.2) is 5.82 Å². The van der Waals surface area contributed by atoms with Crippen molar-refractivity contribution in [2.75, 3.05) is 23.7 Å². The molecule has 2 heterocycles. The summed E-state index contributed by atoms with van der Waals surface area (Å²) >= 11 is 0. The molecule has 0 bridgehead atoms. The highest BCUT2D eigenvalue weighted by Crippen LogP contribution is 2.14. The van der Waals surface area contributed by atoms with Crippen LogP contribution in [0.15, 0.2) is 6.20 Å². The Kier molecular flexibility index (Phi) is 2.26. The normalized spacial score (nSPS) is 17.1. The molecule has 1 aromatic rings. The molecule has 1 fully saturated rings. The van der Waals surface area contributed by atoms with Gasteiger partial charge in [0.2, 0.25) is 5.95 Å². The molecule has 1 aromatic heterocycles. The maximum Gasteiger partial charge on any atom is 0.242 e. The summed E-state index contributed by atoms with van der Waals surface area (Å²) in [5.74, 6) is 1.17. The van der Waals surface area contributed by atoms with Gasteiger partial charge in [-0.1, -0.05) is 0 Å². The Labute approximate surface area is 81.1 Å². The quantitative estimate of drug-likeness (QED) is 0.654. The van der Waals surface area contributed by atoms with Gasteiger partial charge in [-0.05, 0) is 0 Å². The van der Waals surface area contributed by atoms with E-state index < -0.39 is 0 Å². The third-order valence-electron chi connectivity index (χ3n) is 2.21. The number of carbonyl (C=O) groups is 1. The van der Waals surface area contributed by atoms with Crippen LogP contribution in [0.3, 0.4) is 0 Å². The first-order chi connectivity index (χ1) is 6.75. The van der Waals surface area contributed by atoms with E-state index in [0.29, 0.717) is 37.5 Å². The number of Topliss-reactive ketones (excluding diaryl/α,β-unsaturated/α-hetero) is 1. The van der Waals surface area contributed by atoms with Crippen LogP contribution >= 0.6 is 0 Å². The first-order valence-electron chi connectivity index (χ1n) is 4.47. The second-order valence-electron chi connectivity index (χ2n) is 3.20. The predicted octanol–water partition coefficient (Wildman–Crippen LogP) is -0.377. The van der Waals surface area contributed by atoms with E-state index in [0.717, 1.165) is 0 Å². The maximum absolute atomic E-state index is 11.0. The van der Waals surface area contributed by atoms with Crippen LogP contribution in [0.1, 0.15) is 12.8 Å². The van der Waals surface area contributed by atoms with Crippen LogP contribution in [0.5, 0.6) is 0 Å². The average molecular weight is 193 g/mol. The van der Waals surface area contributed by atoms with Gasteiger partial charge >= 0.3 is 0 Å². The number of carbonyl (C=O) groups excluding carboxylic acids is 1. The Bertz CT molecular complexity index is 343. The molecule has 0 amide bonds. The largest absolute Gasteiger partial charge is 0.366 e. The highest BCUT2D eigenvalue weighted by Gasteiger charge is 2.17. The van der Waals surface area contributed by atoms with Gasteiger partial charge in [0.05, 0.1) is 6.20 Å². The number of rotatable bonds is 1. The fourth-order valence-corrected chi connectivity index (χ4v) is 1.45. The molecular weight excluding hydrogens is 182 g/mol. The topological polar surface area (TPSA) is 85.0 Å². The van der Waals surface area contributed by atoms with Gasteiger partial charge in [-0.2, -0.15) is 10.1 Å². The molecule has 2 N–H and O–H groups in total. The molecule has 0 atom stereocenters. The number of hydrogen-bond acceptors (Lipinski definition) is 6. The monoisotopic (exact) mass is 193 g/mol. The smallest absolute Gasteiger partial charge is 0.242 e. The minimum Gasteiger partial charge on any atom is -0.366 e. The zero-order valence-corrected chi connectivity index (χ0v) is 7.68. The van der Waals surface area contributed by atoms with E-state index in [1.807, 2.05) is 4.90 Å². The molecule has 0 saturated carbocycles. The van der Waals surface area contributed by atoms with Gasteiger partial charge in [0.1, 0.15) is 5.78 Å². The fourth-order valence-electron chi connectivity index (χ4n) is 1.45. The van der Waals surface area contributed by atoms with Crippen molar-refractivity contribution in [3.8, 4) is 0 Å². The Morgan fingerprint density at radius 3 is 2.71 bits per heavy atom. The lowest BCUT2D eigenvalue weighted by molar-refractivity contribution is -0.119. The first kappa shape index (κ1) is 8.86. The molecular formula is C8H11N5O. The molecule has 14 heavy (non-hydrogen) atoms. The molecule has 6 heteroatoms. The second kappa shape index (κ2) is 3.57. The van der Waals surface area contributed by atoms with Gasteiger partial charge in [0, 0.05) is 25.9 Å². The number of aromatic nitrogens is 3. The lowest BCUT2D eigenvalue weighted by Crippen LogP contribution is -2.34. The third-order valence-corrected chi connectivity index (χ3v) is 2.21. The number of anilines is 2. The van der Waals surface area contributed by atoms with E-state index in [1.165, 1.54) is 0 Å². The van der Waals surface area contributed by atoms with Gasteiger partial charge in [-0.15, -0.1) is 5.10 Å². The van der Waals surface area contributed by atoms with Crippen molar-refractivity contribution in [1.29, 1.82) is 0 Å². The van der Waals surface area contributed by atoms with E-state index in [9.17, 15) is 4.79 Å². The zero-order chi connectivity index (χ0) is 9.97. The van der Waals surface area contributed by atoms with Crippen molar-refractivity contribution >= 4 is 17.5 Å². The molecule has 0 radical (unpaired) electrons. The van der Waals surface area contributed by atoms with Crippen molar-refractivity contribution in [3.05, 3.63) is 6.20 Å². The average Bonchev–Trinajstić information content (AvgIpc) is 2.19. The molecule has 2 rings (SSSR count). The molecule has 0 aromatic carbocycles. The van der Waals surface area contributed by atoms with Gasteiger partial charge in [-0.3, -0.25) is 4.79 Å². The van der Waals surface area contributed by atoms with Crippen LogP contribution < -0.4 is 10.6 Å². The second-order valence-corrected chi connectivity index (χ2v) is 3.20. The summed E-state index contributed by atoms with van der Waals surface area (Å²) in [4.78, 5) is 17.0. The fraction of sp³-hybridized carbons (Fsp3) is 0.500. The number of nitrogens with two attached hydrogens (primary N) is 1. The van der Waals surface area contributed by atoms with Gasteiger partial charge < -0.3 is 10.6 Å². The summed E-state index contributed by atoms with van der Waals surface area (Å²) in [6, 6.07) is 0. The highest BCUT2D eigenvalue weighted by molar-refractivity contribution is 5.80. The van der Waals surface area contributed by atoms with Crippen LogP contribution in [-0.2, 0) is 4.79 Å². The van der Waals surface area contributed by atoms with E-state index in [2.05, 4.69) is 15.2 Å². The van der Waals surface area contributed by atoms with E-state index in [-0.39, 0.29) is 5.95 Å². The van der Waals surface area contributed by atoms with Crippen molar-refractivity contribution in [2.24, 2.45) is 0 Å². The van der Waals surface area contributed by atoms with Crippen LogP contribution in [0, 0.1) is 0 Å². The number of nitrogens with zero attached hydrogens (tertiary/aromatic N) is 4. The number of ketones is 1. The summed E-state index contributed by atoms with van der Waals surface area (Å²) in [5.41, 5.74) is 5.41. The zero-order valence-electron chi connectivity index (χ0n) is 7.68. The molecule has 0 spiro atoms. The third kappa shape index (κ3) is 1.78. The molecule has 0 aliphatic carbocycles. The van der Waals surface area contributed by atoms with Crippen LogP contribution in [0.25, 0.3) is 0 Å². The van der Waals surface area contributed by atoms with Crippen molar-refractivity contribution < 1.29 is 4.79 Å². The number of hydrogen-bond donors (Lipinski definition) is 1. The summed E-state index contributed by atoms with van der Waals surface area (Å²) in [5, 5.41) is 7.29. The molecule has 1 aliphatic rings. The molecule has 1 saturated heterocycles. The highest BCUT2D eigenvalue weighted by atomic mass is 16.1. The summed E-state index contributed by atoms with van der Waals surface area (Å²) < 4.78 is 0. The van der Waals surface area contributed by atoms with Gasteiger partial charge in [0.25, 0.3) is 0 Å². The Morgan fingerprint density at radius 2 is 2.07 bits per heavy atom. The minimum absolute atomic E-state index is 0.166. The van der Waals surface area contributed by atoms with Crippen LogP contribution in [0.2, 0.25) is 0 Å². The van der Waals surface area contributed by atoms with Crippen LogP contribution in [-0.4, -0.2) is 34.1 Å². The van der Waals surface area contributed by atoms with Crippen molar-refractivity contribution in [3.63, 3.8) is 0 Å². The van der Waals surface area contributed by atoms with Gasteiger partial charge in [-0.25, -0.2) is 0 Å². The summed E-state index contributed by atoms with van der Waals surface area (Å²) in [6.07, 6.45) is 2.71. The van der Waals surface area contributed by atoms with E-state index in [4.69, 9.17) is 5.73 Å². The molecule has 1 aliphatic heterocycles. The lowest BCUT2D eigenvalue weighted by Gasteiger charge is -2.26. The molecule has 0 unspecified atom stereocenters. The lowest BCUT2D eigenvalue weighted by atomic mass is 10.1. The predicted molar refractivity (Wildman–Crippen MR) is 50.7 cm³/mol. The van der Waals surface area contributed by atoms with Crippen molar-refractivity contribution in [1.82, 2.24) is 15.2 Å². The SMILES string of the molecule is Nc1nncc(N2CCC(=O)CC2)n1. The van der Waals surface area contributed by atoms with Crippen LogP contribution in [0.4, 0.5) is 11.8 Å². The Morgan fingerprint density at radius 1 is 1.36 bits per heavy atom. The first-order valence-corrected chi connectivity index (χ1v) is 4.47. The molecule has 6 nitrogen and oxygen atoms in total. The van der Waals surface area contributed by atoms with E-state index in [1.54, 1.807) is 6.20 Å². The van der Waals surface area contributed by atoms with Crippen molar-refractivity contribution in [2.45, 2.75) is 12.8 Å². The standard InChI is InChI=1S/C8H11N5O/c9-8-11-7(5-10-12-8)13-3-1-6(14)2-4-13/h5H,1-4H2,(H2,9,11,12). The summed E-state index contributed by atoms with van der Waals surface area (Å²) in [6.45, 7) is 1.38. The molecule has 74 valence electrons. The summed E-state index contributed by atoms with van der Waals surface area (Å²) in [7, 11) is 0. The maximum atomic E-state index is 11.0. The Hall–Kier alpha value is -1.72. The minimum atomic E-state index is 0.166. The Balaban J connectivity index is 2.12. The number of piperidine rings is 1. The number of nitrogen functional groups attached to an aromatic ring is 1.